The number of hydrogen-bond donors (Lipinski definition) is 2. The Hall–Kier alpha value is -3.42. The number of pyridine rings is 1. The minimum Gasteiger partial charge on any atom is -0.423 e. The number of aromatic nitrogens is 1. The smallest absolute Gasteiger partial charge is 0.338 e. The Morgan fingerprint density at radius 3 is 2.59 bits per heavy atom. The number of benzene rings is 2. The number of para-hydroxylation sites is 1. The molecule has 7 nitrogen and oxygen atoms in total. The summed E-state index contributed by atoms with van der Waals surface area (Å²) in [4.78, 5) is 21.0. The summed E-state index contributed by atoms with van der Waals surface area (Å²) in [6.07, 6.45) is 1.32. The summed E-state index contributed by atoms with van der Waals surface area (Å²) in [6, 6.07) is 19.2. The number of fused-ring (bicyclic) bond motifs is 2. The van der Waals surface area contributed by atoms with Gasteiger partial charge in [-0.05, 0) is 23.6 Å². The molecular weight excluding hydrogens is 404 g/mol. The zero-order valence-electron chi connectivity index (χ0n) is 17.8. The molecule has 5 rings (SSSR count). The molecule has 0 radical (unpaired) electrons. The van der Waals surface area contributed by atoms with Crippen LogP contribution >= 0.6 is 0 Å². The van der Waals surface area contributed by atoms with E-state index >= 15 is 0 Å². The van der Waals surface area contributed by atoms with Crippen molar-refractivity contribution < 1.29 is 9.52 Å². The molecule has 1 aliphatic heterocycles. The lowest BCUT2D eigenvalue weighted by molar-refractivity contribution is 0.118. The lowest BCUT2D eigenvalue weighted by Crippen LogP contribution is -2.49. The minimum atomic E-state index is -0.553. The zero-order valence-corrected chi connectivity index (χ0v) is 17.8. The van der Waals surface area contributed by atoms with Crippen molar-refractivity contribution in [2.45, 2.75) is 6.10 Å². The van der Waals surface area contributed by atoms with Gasteiger partial charge in [0, 0.05) is 62.3 Å². The van der Waals surface area contributed by atoms with Crippen molar-refractivity contribution in [2.24, 2.45) is 0 Å². The monoisotopic (exact) mass is 430 g/mol. The van der Waals surface area contributed by atoms with Crippen LogP contribution in [0, 0.1) is 0 Å². The van der Waals surface area contributed by atoms with Gasteiger partial charge in [0.05, 0.1) is 11.8 Å². The SMILES string of the molecule is O=c1cc(NCC(O)CN2CCN(c3nccc4ccccc34)CC2)c2ccccc2o1. The van der Waals surface area contributed by atoms with E-state index in [1.807, 2.05) is 42.6 Å². The molecule has 7 heteroatoms. The summed E-state index contributed by atoms with van der Waals surface area (Å²) in [7, 11) is 0. The van der Waals surface area contributed by atoms with Crippen molar-refractivity contribution in [3.63, 3.8) is 0 Å². The number of rotatable bonds is 6. The van der Waals surface area contributed by atoms with Gasteiger partial charge in [-0.3, -0.25) is 4.90 Å². The van der Waals surface area contributed by atoms with Gasteiger partial charge < -0.3 is 19.7 Å². The third-order valence-corrected chi connectivity index (χ3v) is 5.97. The first-order valence-corrected chi connectivity index (χ1v) is 10.9. The fraction of sp³-hybridized carbons (Fsp3) is 0.280. The molecule has 1 saturated heterocycles. The second-order valence-electron chi connectivity index (χ2n) is 8.15. The normalized spacial score (nSPS) is 15.8. The average Bonchev–Trinajstić information content (AvgIpc) is 2.82. The number of aliphatic hydroxyl groups excluding tert-OH is 1. The quantitative estimate of drug-likeness (QED) is 0.455. The maximum atomic E-state index is 11.8. The molecule has 0 amide bonds. The van der Waals surface area contributed by atoms with E-state index in [0.29, 0.717) is 24.4 Å². The van der Waals surface area contributed by atoms with Crippen molar-refractivity contribution >= 4 is 33.2 Å². The summed E-state index contributed by atoms with van der Waals surface area (Å²) >= 11 is 0. The van der Waals surface area contributed by atoms with Crippen LogP contribution in [-0.2, 0) is 0 Å². The molecule has 1 atom stereocenters. The van der Waals surface area contributed by atoms with E-state index in [9.17, 15) is 9.90 Å². The number of nitrogens with zero attached hydrogens (tertiary/aromatic N) is 3. The van der Waals surface area contributed by atoms with Crippen molar-refractivity contribution in [1.82, 2.24) is 9.88 Å². The number of hydrogen-bond acceptors (Lipinski definition) is 7. The third-order valence-electron chi connectivity index (χ3n) is 5.97. The van der Waals surface area contributed by atoms with Crippen LogP contribution in [0.2, 0.25) is 0 Å². The van der Waals surface area contributed by atoms with Gasteiger partial charge in [0.15, 0.2) is 0 Å². The van der Waals surface area contributed by atoms with E-state index in [2.05, 4.69) is 32.2 Å². The van der Waals surface area contributed by atoms with E-state index in [0.717, 1.165) is 37.4 Å². The van der Waals surface area contributed by atoms with E-state index < -0.39 is 11.7 Å². The molecule has 1 fully saturated rings. The van der Waals surface area contributed by atoms with Gasteiger partial charge in [0.1, 0.15) is 11.4 Å². The highest BCUT2D eigenvalue weighted by Crippen LogP contribution is 2.25. The summed E-state index contributed by atoms with van der Waals surface area (Å²) in [6.45, 7) is 4.39. The van der Waals surface area contributed by atoms with Gasteiger partial charge in [-0.1, -0.05) is 36.4 Å². The van der Waals surface area contributed by atoms with Gasteiger partial charge in [-0.15, -0.1) is 0 Å². The lowest BCUT2D eigenvalue weighted by Gasteiger charge is -2.36. The van der Waals surface area contributed by atoms with Gasteiger partial charge in [0.25, 0.3) is 0 Å². The molecule has 32 heavy (non-hydrogen) atoms. The number of nitrogens with one attached hydrogen (secondary N) is 1. The first kappa shape index (κ1) is 20.5. The van der Waals surface area contributed by atoms with E-state index in [-0.39, 0.29) is 0 Å². The highest BCUT2D eigenvalue weighted by atomic mass is 16.4. The molecule has 3 heterocycles. The molecular formula is C25H26N4O3. The molecule has 4 aromatic rings. The Labute approximate surface area is 185 Å². The average molecular weight is 431 g/mol. The minimum absolute atomic E-state index is 0.360. The summed E-state index contributed by atoms with van der Waals surface area (Å²) in [5.41, 5.74) is 0.816. The number of aliphatic hydroxyl groups is 1. The number of piperazine rings is 1. The molecule has 1 unspecified atom stereocenters. The molecule has 0 aliphatic carbocycles. The predicted octanol–water partition coefficient (Wildman–Crippen LogP) is 2.94. The fourth-order valence-corrected chi connectivity index (χ4v) is 4.35. The van der Waals surface area contributed by atoms with Gasteiger partial charge in [-0.2, -0.15) is 0 Å². The molecule has 2 N–H and O–H groups in total. The van der Waals surface area contributed by atoms with Crippen LogP contribution < -0.4 is 15.8 Å². The lowest BCUT2D eigenvalue weighted by atomic mass is 10.1. The van der Waals surface area contributed by atoms with Crippen LogP contribution in [0.3, 0.4) is 0 Å². The first-order chi connectivity index (χ1) is 15.7. The highest BCUT2D eigenvalue weighted by Gasteiger charge is 2.21. The molecule has 2 aromatic carbocycles. The Morgan fingerprint density at radius 2 is 1.75 bits per heavy atom. The zero-order chi connectivity index (χ0) is 21.9. The van der Waals surface area contributed by atoms with Gasteiger partial charge in [0.2, 0.25) is 0 Å². The fourth-order valence-electron chi connectivity index (χ4n) is 4.35. The second-order valence-corrected chi connectivity index (χ2v) is 8.15. The van der Waals surface area contributed by atoms with Crippen LogP contribution in [0.15, 0.2) is 76.1 Å². The first-order valence-electron chi connectivity index (χ1n) is 10.9. The van der Waals surface area contributed by atoms with E-state index in [4.69, 9.17) is 4.42 Å². The van der Waals surface area contributed by atoms with Crippen molar-refractivity contribution in [3.8, 4) is 0 Å². The molecule has 0 saturated carbocycles. The molecule has 0 bridgehead atoms. The van der Waals surface area contributed by atoms with E-state index in [1.54, 1.807) is 6.07 Å². The molecule has 164 valence electrons. The Balaban J connectivity index is 1.18. The summed E-state index contributed by atoms with van der Waals surface area (Å²) < 4.78 is 5.23. The Bertz CT molecular complexity index is 1280. The summed E-state index contributed by atoms with van der Waals surface area (Å²) in [5.74, 6) is 1.03. The van der Waals surface area contributed by atoms with Gasteiger partial charge >= 0.3 is 5.63 Å². The number of anilines is 2. The van der Waals surface area contributed by atoms with Crippen LogP contribution in [0.1, 0.15) is 0 Å². The van der Waals surface area contributed by atoms with Crippen LogP contribution in [0.25, 0.3) is 21.7 Å². The highest BCUT2D eigenvalue weighted by molar-refractivity contribution is 5.92. The Morgan fingerprint density at radius 1 is 1.00 bits per heavy atom. The second kappa shape index (κ2) is 8.98. The van der Waals surface area contributed by atoms with Crippen LogP contribution in [0.5, 0.6) is 0 Å². The van der Waals surface area contributed by atoms with Crippen molar-refractivity contribution in [3.05, 3.63) is 77.3 Å². The standard InChI is InChI=1S/C25H26N4O3/c30-19(16-27-22-15-24(31)32-23-8-4-3-7-21(22)23)17-28-11-13-29(14-12-28)25-20-6-2-1-5-18(20)9-10-26-25/h1-10,15,19,27,30H,11-14,16-17H2. The largest absolute Gasteiger partial charge is 0.423 e. The molecule has 0 spiro atoms. The van der Waals surface area contributed by atoms with Crippen molar-refractivity contribution in [2.75, 3.05) is 49.5 Å². The number of β-amino-alcohol motifs (C(OH)–C–C–N with tert-alkyl or cyclic N) is 1. The Kier molecular flexibility index (Phi) is 5.75. The summed E-state index contributed by atoms with van der Waals surface area (Å²) in [5, 5.41) is 17.0. The maximum Gasteiger partial charge on any atom is 0.338 e. The van der Waals surface area contributed by atoms with Crippen LogP contribution in [-0.4, -0.2) is 60.4 Å². The van der Waals surface area contributed by atoms with Gasteiger partial charge in [-0.25, -0.2) is 9.78 Å². The molecule has 1 aliphatic rings. The topological polar surface area (TPSA) is 81.8 Å². The third kappa shape index (κ3) is 4.30. The maximum absolute atomic E-state index is 11.8. The van der Waals surface area contributed by atoms with Crippen molar-refractivity contribution in [1.29, 1.82) is 0 Å². The predicted molar refractivity (Wildman–Crippen MR) is 127 cm³/mol. The molecule has 2 aromatic heterocycles. The van der Waals surface area contributed by atoms with Crippen LogP contribution in [0.4, 0.5) is 11.5 Å². The van der Waals surface area contributed by atoms with E-state index in [1.165, 1.54) is 16.8 Å².